The van der Waals surface area contributed by atoms with Gasteiger partial charge in [0, 0.05) is 11.6 Å². The number of anilines is 1. The molecule has 0 unspecified atom stereocenters. The highest BCUT2D eigenvalue weighted by Crippen LogP contribution is 2.30. The summed E-state index contributed by atoms with van der Waals surface area (Å²) >= 11 is 6.04. The lowest BCUT2D eigenvalue weighted by Gasteiger charge is -2.23. The molecule has 18 heavy (non-hydrogen) atoms. The van der Waals surface area contributed by atoms with E-state index in [-0.39, 0.29) is 0 Å². The van der Waals surface area contributed by atoms with Gasteiger partial charge in [-0.3, -0.25) is 0 Å². The second kappa shape index (κ2) is 6.89. The largest absolute Gasteiger partial charge is 0.492 e. The van der Waals surface area contributed by atoms with Crippen LogP contribution in [0.2, 0.25) is 5.02 Å². The molecular formula is C15H22ClNO. The molecule has 1 saturated carbocycles. The van der Waals surface area contributed by atoms with E-state index in [2.05, 4.69) is 5.32 Å². The van der Waals surface area contributed by atoms with Crippen LogP contribution in [0.4, 0.5) is 5.69 Å². The summed E-state index contributed by atoms with van der Waals surface area (Å²) in [6, 6.07) is 5.77. The lowest BCUT2D eigenvalue weighted by Crippen LogP contribution is -2.17. The average molecular weight is 268 g/mol. The minimum atomic E-state index is 0.680. The van der Waals surface area contributed by atoms with Crippen LogP contribution in [0.15, 0.2) is 18.2 Å². The van der Waals surface area contributed by atoms with Crippen LogP contribution in [-0.4, -0.2) is 13.2 Å². The van der Waals surface area contributed by atoms with Gasteiger partial charge in [-0.1, -0.05) is 30.9 Å². The van der Waals surface area contributed by atoms with Gasteiger partial charge in [0.25, 0.3) is 0 Å². The van der Waals surface area contributed by atoms with Gasteiger partial charge in [-0.15, -0.1) is 0 Å². The third-order valence-electron chi connectivity index (χ3n) is 3.55. The fourth-order valence-electron chi connectivity index (χ4n) is 2.57. The van der Waals surface area contributed by atoms with Crippen LogP contribution >= 0.6 is 11.6 Å². The van der Waals surface area contributed by atoms with Crippen LogP contribution in [0, 0.1) is 5.92 Å². The van der Waals surface area contributed by atoms with Gasteiger partial charge in [0.05, 0.1) is 12.3 Å². The second-order valence-corrected chi connectivity index (χ2v) is 5.39. The molecule has 0 spiro atoms. The number of hydrogen-bond acceptors (Lipinski definition) is 2. The molecular weight excluding hydrogens is 246 g/mol. The molecule has 0 saturated heterocycles. The summed E-state index contributed by atoms with van der Waals surface area (Å²) in [6.07, 6.45) is 6.84. The highest BCUT2D eigenvalue weighted by Gasteiger charge is 2.14. The van der Waals surface area contributed by atoms with E-state index in [1.807, 2.05) is 25.1 Å². The first-order valence-corrected chi connectivity index (χ1v) is 7.33. The maximum absolute atomic E-state index is 6.04. The van der Waals surface area contributed by atoms with E-state index >= 15 is 0 Å². The fraction of sp³-hybridized carbons (Fsp3) is 0.600. The number of benzene rings is 1. The summed E-state index contributed by atoms with van der Waals surface area (Å²) < 4.78 is 5.61. The minimum absolute atomic E-state index is 0.680. The van der Waals surface area contributed by atoms with Crippen LogP contribution in [0.25, 0.3) is 0 Å². The quantitative estimate of drug-likeness (QED) is 0.833. The van der Waals surface area contributed by atoms with Crippen molar-refractivity contribution in [1.82, 2.24) is 0 Å². The zero-order valence-electron chi connectivity index (χ0n) is 11.0. The Hall–Kier alpha value is -0.890. The Kier molecular flexibility index (Phi) is 5.18. The van der Waals surface area contributed by atoms with E-state index < -0.39 is 0 Å². The predicted molar refractivity (Wildman–Crippen MR) is 77.7 cm³/mol. The normalized spacial score (nSPS) is 16.6. The molecule has 0 heterocycles. The second-order valence-electron chi connectivity index (χ2n) is 4.96. The molecule has 0 bridgehead atoms. The molecule has 1 aliphatic rings. The van der Waals surface area contributed by atoms with Gasteiger partial charge in [-0.25, -0.2) is 0 Å². The topological polar surface area (TPSA) is 21.3 Å². The van der Waals surface area contributed by atoms with E-state index in [1.54, 1.807) is 0 Å². The first kappa shape index (κ1) is 13.5. The molecule has 0 radical (unpaired) electrons. The van der Waals surface area contributed by atoms with Crippen LogP contribution < -0.4 is 10.1 Å². The zero-order chi connectivity index (χ0) is 12.8. The van der Waals surface area contributed by atoms with Crippen molar-refractivity contribution in [2.45, 2.75) is 39.0 Å². The maximum atomic E-state index is 6.04. The molecule has 1 aromatic rings. The Bertz CT molecular complexity index is 375. The van der Waals surface area contributed by atoms with Gasteiger partial charge in [-0.05, 0) is 43.9 Å². The minimum Gasteiger partial charge on any atom is -0.492 e. The summed E-state index contributed by atoms with van der Waals surface area (Å²) in [5.74, 6) is 1.70. The van der Waals surface area contributed by atoms with Crippen molar-refractivity contribution in [2.75, 3.05) is 18.5 Å². The molecule has 3 heteroatoms. The third kappa shape index (κ3) is 3.81. The number of halogens is 1. The molecule has 2 nitrogen and oxygen atoms in total. The van der Waals surface area contributed by atoms with Gasteiger partial charge in [-0.2, -0.15) is 0 Å². The molecule has 1 aliphatic carbocycles. The highest BCUT2D eigenvalue weighted by atomic mass is 35.5. The SMILES string of the molecule is CCOc1ccc(Cl)cc1NCC1CCCCC1. The van der Waals surface area contributed by atoms with Crippen LogP contribution in [0.3, 0.4) is 0 Å². The zero-order valence-corrected chi connectivity index (χ0v) is 11.8. The van der Waals surface area contributed by atoms with Gasteiger partial charge >= 0.3 is 0 Å². The Labute approximate surface area is 115 Å². The van der Waals surface area contributed by atoms with E-state index in [4.69, 9.17) is 16.3 Å². The Morgan fingerprint density at radius 2 is 2.06 bits per heavy atom. The molecule has 2 rings (SSSR count). The van der Waals surface area contributed by atoms with Gasteiger partial charge in [0.15, 0.2) is 0 Å². The molecule has 1 fully saturated rings. The van der Waals surface area contributed by atoms with E-state index in [0.29, 0.717) is 6.61 Å². The van der Waals surface area contributed by atoms with Gasteiger partial charge in [0.2, 0.25) is 0 Å². The van der Waals surface area contributed by atoms with Gasteiger partial charge < -0.3 is 10.1 Å². The molecule has 0 amide bonds. The van der Waals surface area contributed by atoms with Crippen molar-refractivity contribution in [3.8, 4) is 5.75 Å². The molecule has 1 N–H and O–H groups in total. The first-order valence-electron chi connectivity index (χ1n) is 6.96. The van der Waals surface area contributed by atoms with Crippen molar-refractivity contribution in [3.63, 3.8) is 0 Å². The number of hydrogen-bond donors (Lipinski definition) is 1. The first-order chi connectivity index (χ1) is 8.79. The molecule has 1 aromatic carbocycles. The third-order valence-corrected chi connectivity index (χ3v) is 3.78. The summed E-state index contributed by atoms with van der Waals surface area (Å²) in [4.78, 5) is 0. The Morgan fingerprint density at radius 1 is 1.28 bits per heavy atom. The number of ether oxygens (including phenoxy) is 1. The lowest BCUT2D eigenvalue weighted by molar-refractivity contribution is 0.340. The van der Waals surface area contributed by atoms with Crippen molar-refractivity contribution < 1.29 is 4.74 Å². The highest BCUT2D eigenvalue weighted by molar-refractivity contribution is 6.30. The van der Waals surface area contributed by atoms with Crippen LogP contribution in [0.1, 0.15) is 39.0 Å². The van der Waals surface area contributed by atoms with Crippen molar-refractivity contribution >= 4 is 17.3 Å². The monoisotopic (exact) mass is 267 g/mol. The van der Waals surface area contributed by atoms with E-state index in [0.717, 1.165) is 28.9 Å². The van der Waals surface area contributed by atoms with E-state index in [9.17, 15) is 0 Å². The van der Waals surface area contributed by atoms with E-state index in [1.165, 1.54) is 32.1 Å². The van der Waals surface area contributed by atoms with Crippen molar-refractivity contribution in [2.24, 2.45) is 5.92 Å². The molecule has 0 atom stereocenters. The summed E-state index contributed by atoms with van der Waals surface area (Å²) in [6.45, 7) is 3.71. The molecule has 100 valence electrons. The number of rotatable bonds is 5. The average Bonchev–Trinajstić information content (AvgIpc) is 2.40. The summed E-state index contributed by atoms with van der Waals surface area (Å²) in [5, 5.41) is 4.25. The van der Waals surface area contributed by atoms with Crippen molar-refractivity contribution in [1.29, 1.82) is 0 Å². The smallest absolute Gasteiger partial charge is 0.142 e. The van der Waals surface area contributed by atoms with Gasteiger partial charge in [0.1, 0.15) is 5.75 Å². The summed E-state index contributed by atoms with van der Waals surface area (Å²) in [7, 11) is 0. The summed E-state index contributed by atoms with van der Waals surface area (Å²) in [5.41, 5.74) is 1.02. The Balaban J connectivity index is 1.95. The predicted octanol–water partition coefficient (Wildman–Crippen LogP) is 4.73. The maximum Gasteiger partial charge on any atom is 0.142 e. The fourth-order valence-corrected chi connectivity index (χ4v) is 2.74. The van der Waals surface area contributed by atoms with Crippen molar-refractivity contribution in [3.05, 3.63) is 23.2 Å². The number of nitrogens with one attached hydrogen (secondary N) is 1. The van der Waals surface area contributed by atoms with Crippen LogP contribution in [0.5, 0.6) is 5.75 Å². The molecule has 0 aliphatic heterocycles. The van der Waals surface area contributed by atoms with Crippen LogP contribution in [-0.2, 0) is 0 Å². The lowest BCUT2D eigenvalue weighted by atomic mass is 9.89. The standard InChI is InChI=1S/C15H22ClNO/c1-2-18-15-9-8-13(16)10-14(15)17-11-12-6-4-3-5-7-12/h8-10,12,17H,2-7,11H2,1H3. The Morgan fingerprint density at radius 3 is 2.78 bits per heavy atom. The molecule has 0 aromatic heterocycles.